The van der Waals surface area contributed by atoms with Crippen molar-refractivity contribution in [3.8, 4) is 0 Å². The lowest BCUT2D eigenvalue weighted by Crippen LogP contribution is -2.45. The minimum atomic E-state index is -1.22. The average Bonchev–Trinajstić information content (AvgIpc) is 2.29. The van der Waals surface area contributed by atoms with Crippen molar-refractivity contribution in [3.63, 3.8) is 0 Å². The Kier molecular flexibility index (Phi) is 4.77. The Labute approximate surface area is 106 Å². The first-order chi connectivity index (χ1) is 8.02. The number of amides is 1. The maximum Gasteiger partial charge on any atom is 0.405 e. The second kappa shape index (κ2) is 6.09. The van der Waals surface area contributed by atoms with E-state index in [2.05, 4.69) is 26.4 Å². The van der Waals surface area contributed by atoms with Crippen molar-refractivity contribution in [3.05, 3.63) is 34.3 Å². The van der Waals surface area contributed by atoms with Gasteiger partial charge in [-0.25, -0.2) is 4.79 Å². The lowest BCUT2D eigenvalue weighted by Gasteiger charge is -2.15. The molecule has 0 spiro atoms. The van der Waals surface area contributed by atoms with Crippen LogP contribution in [0.1, 0.15) is 5.56 Å². The number of nitrogens with one attached hydrogen (secondary N) is 1. The number of carbonyl (C=O) groups is 1. The van der Waals surface area contributed by atoms with Gasteiger partial charge in [-0.15, -0.1) is 0 Å². The van der Waals surface area contributed by atoms with Gasteiger partial charge in [-0.3, -0.25) is 0 Å². The Balaban J connectivity index is 2.78. The summed E-state index contributed by atoms with van der Waals surface area (Å²) in [6.45, 7) is 0. The Hall–Kier alpha value is -1.76. The van der Waals surface area contributed by atoms with Gasteiger partial charge in [0, 0.05) is 10.9 Å². The lowest BCUT2D eigenvalue weighted by molar-refractivity contribution is 0.192. The van der Waals surface area contributed by atoms with E-state index in [-0.39, 0.29) is 5.84 Å². The number of nitrogens with two attached hydrogens (primary N) is 1. The van der Waals surface area contributed by atoms with Gasteiger partial charge >= 0.3 is 6.09 Å². The molecule has 1 atom stereocenters. The molecule has 0 aliphatic carbocycles. The molecule has 1 amide bonds. The monoisotopic (exact) mass is 301 g/mol. The first-order valence-electron chi connectivity index (χ1n) is 4.74. The third-order valence-corrected chi connectivity index (χ3v) is 2.65. The molecular formula is C10H12BrN3O3. The predicted molar refractivity (Wildman–Crippen MR) is 66.2 cm³/mol. The van der Waals surface area contributed by atoms with Crippen LogP contribution in [0.3, 0.4) is 0 Å². The number of benzene rings is 1. The molecular weight excluding hydrogens is 290 g/mol. The van der Waals surface area contributed by atoms with Crippen molar-refractivity contribution in [1.82, 2.24) is 5.32 Å². The average molecular weight is 302 g/mol. The van der Waals surface area contributed by atoms with E-state index in [1.54, 1.807) is 0 Å². The summed E-state index contributed by atoms with van der Waals surface area (Å²) >= 11 is 3.30. The summed E-state index contributed by atoms with van der Waals surface area (Å²) in [4.78, 5) is 10.6. The molecule has 0 aliphatic rings. The van der Waals surface area contributed by atoms with Gasteiger partial charge in [0.2, 0.25) is 0 Å². The maximum absolute atomic E-state index is 10.6. The third kappa shape index (κ3) is 4.31. The number of carboxylic acid groups (broad SMARTS) is 1. The zero-order valence-corrected chi connectivity index (χ0v) is 10.4. The van der Waals surface area contributed by atoms with Crippen LogP contribution >= 0.6 is 15.9 Å². The van der Waals surface area contributed by atoms with Gasteiger partial charge in [-0.05, 0) is 17.7 Å². The summed E-state index contributed by atoms with van der Waals surface area (Å²) in [5.74, 6) is -0.171. The number of hydrogen-bond acceptors (Lipinski definition) is 3. The van der Waals surface area contributed by atoms with E-state index in [1.807, 2.05) is 24.3 Å². The highest BCUT2D eigenvalue weighted by Gasteiger charge is 2.16. The van der Waals surface area contributed by atoms with Gasteiger partial charge in [0.1, 0.15) is 0 Å². The van der Waals surface area contributed by atoms with Crippen LogP contribution in [0.15, 0.2) is 33.9 Å². The minimum absolute atomic E-state index is 0.171. The highest BCUT2D eigenvalue weighted by molar-refractivity contribution is 9.10. The Morgan fingerprint density at radius 1 is 1.47 bits per heavy atom. The Morgan fingerprint density at radius 2 is 2.06 bits per heavy atom. The van der Waals surface area contributed by atoms with Crippen LogP contribution in [0.4, 0.5) is 4.79 Å². The van der Waals surface area contributed by atoms with Crippen molar-refractivity contribution < 1.29 is 15.1 Å². The quantitative estimate of drug-likeness (QED) is 0.291. The molecule has 0 heterocycles. The number of nitrogens with zero attached hydrogens (tertiary/aromatic N) is 1. The molecule has 17 heavy (non-hydrogen) atoms. The fourth-order valence-corrected chi connectivity index (χ4v) is 1.57. The van der Waals surface area contributed by atoms with Gasteiger partial charge in [0.25, 0.3) is 0 Å². The molecule has 0 aliphatic heterocycles. The number of amidine groups is 1. The second-order valence-electron chi connectivity index (χ2n) is 3.36. The number of halogens is 1. The van der Waals surface area contributed by atoms with Gasteiger partial charge < -0.3 is 21.4 Å². The SMILES string of the molecule is NC(=NO)[C@H](Cc1ccc(Br)cc1)NC(=O)O. The smallest absolute Gasteiger partial charge is 0.405 e. The van der Waals surface area contributed by atoms with Crippen LogP contribution in [0.2, 0.25) is 0 Å². The van der Waals surface area contributed by atoms with Crippen molar-refractivity contribution in [2.45, 2.75) is 12.5 Å². The van der Waals surface area contributed by atoms with Gasteiger partial charge in [0.15, 0.2) is 5.84 Å². The fraction of sp³-hybridized carbons (Fsp3) is 0.200. The van der Waals surface area contributed by atoms with Crippen molar-refractivity contribution in [2.24, 2.45) is 10.9 Å². The molecule has 0 radical (unpaired) electrons. The van der Waals surface area contributed by atoms with Crippen LogP contribution in [-0.4, -0.2) is 28.3 Å². The molecule has 0 bridgehead atoms. The summed E-state index contributed by atoms with van der Waals surface area (Å²) in [5, 5.41) is 22.2. The normalized spacial score (nSPS) is 13.1. The molecule has 0 unspecified atom stereocenters. The zero-order chi connectivity index (χ0) is 12.8. The van der Waals surface area contributed by atoms with Crippen molar-refractivity contribution in [2.75, 3.05) is 0 Å². The number of oxime groups is 1. The van der Waals surface area contributed by atoms with E-state index in [9.17, 15) is 4.79 Å². The van der Waals surface area contributed by atoms with E-state index in [1.165, 1.54) is 0 Å². The fourth-order valence-electron chi connectivity index (χ4n) is 1.30. The van der Waals surface area contributed by atoms with Crippen LogP contribution in [0.25, 0.3) is 0 Å². The number of rotatable bonds is 4. The van der Waals surface area contributed by atoms with Crippen molar-refractivity contribution >= 4 is 27.9 Å². The first-order valence-corrected chi connectivity index (χ1v) is 5.53. The lowest BCUT2D eigenvalue weighted by atomic mass is 10.1. The van der Waals surface area contributed by atoms with E-state index in [0.717, 1.165) is 10.0 Å². The van der Waals surface area contributed by atoms with Crippen LogP contribution in [0, 0.1) is 0 Å². The van der Waals surface area contributed by atoms with Crippen LogP contribution < -0.4 is 11.1 Å². The zero-order valence-electron chi connectivity index (χ0n) is 8.80. The van der Waals surface area contributed by atoms with Crippen LogP contribution in [-0.2, 0) is 6.42 Å². The number of hydrogen-bond donors (Lipinski definition) is 4. The first kappa shape index (κ1) is 13.3. The Bertz CT molecular complexity index is 419. The maximum atomic E-state index is 10.6. The van der Waals surface area contributed by atoms with Gasteiger partial charge in [-0.2, -0.15) is 0 Å². The topological polar surface area (TPSA) is 108 Å². The molecule has 1 aromatic rings. The second-order valence-corrected chi connectivity index (χ2v) is 4.27. The van der Waals surface area contributed by atoms with E-state index < -0.39 is 12.1 Å². The molecule has 1 aromatic carbocycles. The van der Waals surface area contributed by atoms with Gasteiger partial charge in [0.05, 0.1) is 6.04 Å². The predicted octanol–water partition coefficient (Wildman–Crippen LogP) is 1.37. The largest absolute Gasteiger partial charge is 0.465 e. The van der Waals surface area contributed by atoms with E-state index >= 15 is 0 Å². The summed E-state index contributed by atoms with van der Waals surface area (Å²) in [6.07, 6.45) is -0.908. The summed E-state index contributed by atoms with van der Waals surface area (Å²) < 4.78 is 0.924. The molecule has 1 rings (SSSR count). The van der Waals surface area contributed by atoms with Crippen molar-refractivity contribution in [1.29, 1.82) is 0 Å². The van der Waals surface area contributed by atoms with E-state index in [0.29, 0.717) is 6.42 Å². The molecule has 5 N–H and O–H groups in total. The Morgan fingerprint density at radius 3 is 2.53 bits per heavy atom. The molecule has 6 nitrogen and oxygen atoms in total. The molecule has 92 valence electrons. The highest BCUT2D eigenvalue weighted by atomic mass is 79.9. The summed E-state index contributed by atoms with van der Waals surface area (Å²) in [6, 6.07) is 6.56. The minimum Gasteiger partial charge on any atom is -0.465 e. The van der Waals surface area contributed by atoms with Gasteiger partial charge in [-0.1, -0.05) is 33.2 Å². The molecule has 0 aromatic heterocycles. The third-order valence-electron chi connectivity index (χ3n) is 2.12. The standard InChI is InChI=1S/C10H12BrN3O3/c11-7-3-1-6(2-4-7)5-8(9(12)14-17)13-10(15)16/h1-4,8,13,17H,5H2,(H2,12,14)(H,15,16)/t8-/m0/s1. The van der Waals surface area contributed by atoms with Crippen LogP contribution in [0.5, 0.6) is 0 Å². The molecule has 0 fully saturated rings. The summed E-state index contributed by atoms with van der Waals surface area (Å²) in [5.41, 5.74) is 6.28. The van der Waals surface area contributed by atoms with E-state index in [4.69, 9.17) is 16.0 Å². The molecule has 0 saturated carbocycles. The summed E-state index contributed by atoms with van der Waals surface area (Å²) in [7, 11) is 0. The molecule has 7 heteroatoms. The highest BCUT2D eigenvalue weighted by Crippen LogP contribution is 2.12. The molecule has 0 saturated heterocycles.